The van der Waals surface area contributed by atoms with Gasteiger partial charge in [-0.15, -0.1) is 0 Å². The summed E-state index contributed by atoms with van der Waals surface area (Å²) in [5.41, 5.74) is 0.526. The lowest BCUT2D eigenvalue weighted by Crippen LogP contribution is -2.12. The molecule has 0 saturated carbocycles. The van der Waals surface area contributed by atoms with Gasteiger partial charge in [0.05, 0.1) is 17.5 Å². The van der Waals surface area contributed by atoms with Crippen molar-refractivity contribution in [3.8, 4) is 0 Å². The summed E-state index contributed by atoms with van der Waals surface area (Å²) in [5.74, 6) is -0.714. The van der Waals surface area contributed by atoms with E-state index in [9.17, 15) is 9.59 Å². The highest BCUT2D eigenvalue weighted by Gasteiger charge is 2.17. The van der Waals surface area contributed by atoms with Gasteiger partial charge < -0.3 is 4.74 Å². The van der Waals surface area contributed by atoms with Crippen LogP contribution in [-0.2, 0) is 4.74 Å². The first-order valence-corrected chi connectivity index (χ1v) is 6.16. The molecule has 1 aromatic rings. The quantitative estimate of drug-likeness (QED) is 0.488. The van der Waals surface area contributed by atoms with E-state index < -0.39 is 5.97 Å². The zero-order chi connectivity index (χ0) is 12.1. The minimum atomic E-state index is -0.511. The van der Waals surface area contributed by atoms with Crippen molar-refractivity contribution in [2.24, 2.45) is 0 Å². The van der Waals surface area contributed by atoms with Crippen LogP contribution in [0.4, 0.5) is 0 Å². The van der Waals surface area contributed by atoms with Crippen molar-refractivity contribution in [2.45, 2.75) is 6.92 Å². The second-order valence-electron chi connectivity index (χ2n) is 2.97. The zero-order valence-corrected chi connectivity index (χ0v) is 11.0. The normalized spacial score (nSPS) is 9.94. The number of ether oxygens (including phenoxy) is 1. The van der Waals surface area contributed by atoms with Crippen molar-refractivity contribution >= 4 is 39.3 Å². The third-order valence-corrected chi connectivity index (χ3v) is 2.64. The molecule has 0 fully saturated rings. The van der Waals surface area contributed by atoms with Crippen LogP contribution in [0.1, 0.15) is 27.6 Å². The number of hydrogen-bond donors (Lipinski definition) is 0. The molecule has 0 bridgehead atoms. The van der Waals surface area contributed by atoms with Gasteiger partial charge in [-0.3, -0.25) is 4.79 Å². The molecule has 0 spiro atoms. The van der Waals surface area contributed by atoms with Crippen LogP contribution in [0.5, 0.6) is 0 Å². The molecule has 86 valence electrons. The number of halogens is 2. The fourth-order valence-electron chi connectivity index (χ4n) is 1.21. The first-order chi connectivity index (χ1) is 7.60. The lowest BCUT2D eigenvalue weighted by Gasteiger charge is -2.07. The van der Waals surface area contributed by atoms with Crippen LogP contribution in [0.25, 0.3) is 0 Å². The van der Waals surface area contributed by atoms with Gasteiger partial charge in [0.25, 0.3) is 0 Å². The van der Waals surface area contributed by atoms with Crippen LogP contribution in [0.3, 0.4) is 0 Å². The molecule has 0 amide bonds. The Kier molecular flexibility index (Phi) is 4.96. The van der Waals surface area contributed by atoms with E-state index in [-0.39, 0.29) is 28.8 Å². The number of benzene rings is 1. The van der Waals surface area contributed by atoms with Crippen molar-refractivity contribution in [2.75, 3.05) is 11.9 Å². The molecule has 0 saturated heterocycles. The van der Waals surface area contributed by atoms with Gasteiger partial charge in [0.2, 0.25) is 0 Å². The lowest BCUT2D eigenvalue weighted by molar-refractivity contribution is 0.0523. The molecule has 0 aliphatic rings. The minimum Gasteiger partial charge on any atom is -0.462 e. The van der Waals surface area contributed by atoms with Crippen molar-refractivity contribution in [1.82, 2.24) is 0 Å². The summed E-state index contributed by atoms with van der Waals surface area (Å²) in [6, 6.07) is 4.52. The molecule has 0 N–H and O–H groups in total. The van der Waals surface area contributed by atoms with Gasteiger partial charge in [0.15, 0.2) is 5.78 Å². The Morgan fingerprint density at radius 1 is 1.38 bits per heavy atom. The van der Waals surface area contributed by atoms with Crippen LogP contribution >= 0.6 is 27.5 Å². The number of alkyl halides is 1. The summed E-state index contributed by atoms with van der Waals surface area (Å²) in [4.78, 5) is 23.1. The van der Waals surface area contributed by atoms with Crippen LogP contribution in [0.2, 0.25) is 5.02 Å². The van der Waals surface area contributed by atoms with Gasteiger partial charge in [-0.25, -0.2) is 4.79 Å². The Morgan fingerprint density at radius 2 is 2.06 bits per heavy atom. The van der Waals surface area contributed by atoms with E-state index in [2.05, 4.69) is 15.9 Å². The largest absolute Gasteiger partial charge is 0.462 e. The molecule has 0 aliphatic carbocycles. The molecule has 1 rings (SSSR count). The average Bonchev–Trinajstić information content (AvgIpc) is 2.28. The highest BCUT2D eigenvalue weighted by molar-refractivity contribution is 9.09. The molecule has 0 unspecified atom stereocenters. The molecule has 0 aromatic heterocycles. The predicted octanol–water partition coefficient (Wildman–Crippen LogP) is 3.09. The summed E-state index contributed by atoms with van der Waals surface area (Å²) < 4.78 is 4.85. The SMILES string of the molecule is CCOC(=O)c1ccc(Cl)cc1C(=O)CBr. The fourth-order valence-corrected chi connectivity index (χ4v) is 1.68. The smallest absolute Gasteiger partial charge is 0.338 e. The van der Waals surface area contributed by atoms with E-state index in [1.165, 1.54) is 12.1 Å². The number of hydrogen-bond acceptors (Lipinski definition) is 3. The number of ketones is 1. The highest BCUT2D eigenvalue weighted by atomic mass is 79.9. The van der Waals surface area contributed by atoms with Gasteiger partial charge in [0, 0.05) is 10.6 Å². The predicted molar refractivity (Wildman–Crippen MR) is 65.5 cm³/mol. The molecular formula is C11H10BrClO3. The van der Waals surface area contributed by atoms with Crippen LogP contribution < -0.4 is 0 Å². The van der Waals surface area contributed by atoms with Crippen molar-refractivity contribution in [3.63, 3.8) is 0 Å². The third-order valence-electron chi connectivity index (χ3n) is 1.90. The summed E-state index contributed by atoms with van der Waals surface area (Å²) in [7, 11) is 0. The lowest BCUT2D eigenvalue weighted by atomic mass is 10.0. The number of Topliss-reactive ketones (excluding diaryl/α,β-unsaturated/α-hetero) is 1. The summed E-state index contributed by atoms with van der Waals surface area (Å²) in [6.45, 7) is 1.98. The molecule has 1 aromatic carbocycles. The zero-order valence-electron chi connectivity index (χ0n) is 8.63. The second kappa shape index (κ2) is 6.01. The maximum Gasteiger partial charge on any atom is 0.338 e. The van der Waals surface area contributed by atoms with Gasteiger partial charge in [-0.05, 0) is 25.1 Å². The Labute approximate surface area is 107 Å². The standard InChI is InChI=1S/C11H10BrClO3/c1-2-16-11(15)8-4-3-7(13)5-9(8)10(14)6-12/h3-5H,2,6H2,1H3. The van der Waals surface area contributed by atoms with E-state index >= 15 is 0 Å². The van der Waals surface area contributed by atoms with Crippen LogP contribution in [0.15, 0.2) is 18.2 Å². The minimum absolute atomic E-state index is 0.139. The van der Waals surface area contributed by atoms with Crippen LogP contribution in [-0.4, -0.2) is 23.7 Å². The summed E-state index contributed by atoms with van der Waals surface area (Å²) in [6.07, 6.45) is 0. The van der Waals surface area contributed by atoms with E-state index in [0.29, 0.717) is 5.02 Å². The maximum atomic E-state index is 11.6. The van der Waals surface area contributed by atoms with Gasteiger partial charge in [-0.1, -0.05) is 27.5 Å². The first kappa shape index (κ1) is 13.2. The Hall–Kier alpha value is -0.870. The molecule has 5 heteroatoms. The monoisotopic (exact) mass is 304 g/mol. The average molecular weight is 306 g/mol. The molecule has 0 atom stereocenters. The summed E-state index contributed by atoms with van der Waals surface area (Å²) >= 11 is 8.83. The number of rotatable bonds is 4. The topological polar surface area (TPSA) is 43.4 Å². The van der Waals surface area contributed by atoms with Gasteiger partial charge in [0.1, 0.15) is 0 Å². The van der Waals surface area contributed by atoms with Gasteiger partial charge >= 0.3 is 5.97 Å². The number of esters is 1. The van der Waals surface area contributed by atoms with Gasteiger partial charge in [-0.2, -0.15) is 0 Å². The Bertz CT molecular complexity index is 418. The number of carbonyl (C=O) groups excluding carboxylic acids is 2. The van der Waals surface area contributed by atoms with E-state index in [0.717, 1.165) is 0 Å². The first-order valence-electron chi connectivity index (χ1n) is 4.66. The Balaban J connectivity index is 3.17. The van der Waals surface area contributed by atoms with E-state index in [4.69, 9.17) is 16.3 Å². The maximum absolute atomic E-state index is 11.6. The molecule has 16 heavy (non-hydrogen) atoms. The second-order valence-corrected chi connectivity index (χ2v) is 3.96. The van der Waals surface area contributed by atoms with E-state index in [1.807, 2.05) is 0 Å². The van der Waals surface area contributed by atoms with Crippen molar-refractivity contribution in [1.29, 1.82) is 0 Å². The fraction of sp³-hybridized carbons (Fsp3) is 0.273. The third kappa shape index (κ3) is 3.06. The highest BCUT2D eigenvalue weighted by Crippen LogP contribution is 2.18. The van der Waals surface area contributed by atoms with Crippen LogP contribution in [0, 0.1) is 0 Å². The molecular weight excluding hydrogens is 295 g/mol. The number of carbonyl (C=O) groups is 2. The molecule has 0 radical (unpaired) electrons. The molecule has 0 aliphatic heterocycles. The summed E-state index contributed by atoms with van der Waals surface area (Å²) in [5, 5.41) is 0.553. The molecule has 3 nitrogen and oxygen atoms in total. The van der Waals surface area contributed by atoms with E-state index in [1.54, 1.807) is 13.0 Å². The molecule has 0 heterocycles. The van der Waals surface area contributed by atoms with Crippen molar-refractivity contribution in [3.05, 3.63) is 34.3 Å². The van der Waals surface area contributed by atoms with Crippen molar-refractivity contribution < 1.29 is 14.3 Å². The Morgan fingerprint density at radius 3 is 2.62 bits per heavy atom.